The van der Waals surface area contributed by atoms with Crippen LogP contribution in [-0.2, 0) is 4.74 Å². The molecule has 1 aliphatic carbocycles. The Morgan fingerprint density at radius 2 is 2.00 bits per heavy atom. The van der Waals surface area contributed by atoms with Crippen LogP contribution >= 0.6 is 0 Å². The zero-order valence-corrected chi connectivity index (χ0v) is 12.9. The summed E-state index contributed by atoms with van der Waals surface area (Å²) < 4.78 is 4.75. The van der Waals surface area contributed by atoms with Crippen molar-refractivity contribution in [2.75, 3.05) is 12.4 Å². The predicted octanol–water partition coefficient (Wildman–Crippen LogP) is 4.02. The van der Waals surface area contributed by atoms with E-state index in [1.165, 1.54) is 26.4 Å². The number of nitrogens with one attached hydrogen (secondary N) is 1. The Bertz CT molecular complexity index is 484. The summed E-state index contributed by atoms with van der Waals surface area (Å²) in [4.78, 5) is 11.5. The third kappa shape index (κ3) is 3.33. The number of methoxy groups -OCH3 is 1. The molecule has 0 aliphatic heterocycles. The van der Waals surface area contributed by atoms with Crippen molar-refractivity contribution in [3.05, 3.63) is 29.3 Å². The number of ether oxygens (including phenoxy) is 1. The first-order chi connectivity index (χ1) is 9.51. The van der Waals surface area contributed by atoms with Gasteiger partial charge in [-0.2, -0.15) is 0 Å². The zero-order valence-electron chi connectivity index (χ0n) is 12.9. The largest absolute Gasteiger partial charge is 0.465 e. The Balaban J connectivity index is 2.05. The molecule has 1 aromatic carbocycles. The topological polar surface area (TPSA) is 38.3 Å². The van der Waals surface area contributed by atoms with Gasteiger partial charge in [0.05, 0.1) is 12.7 Å². The highest BCUT2D eigenvalue weighted by molar-refractivity contribution is 5.90. The molecule has 0 saturated heterocycles. The number of carbonyl (C=O) groups is 1. The fourth-order valence-electron chi connectivity index (χ4n) is 2.97. The van der Waals surface area contributed by atoms with Gasteiger partial charge in [0.1, 0.15) is 0 Å². The molecule has 110 valence electrons. The van der Waals surface area contributed by atoms with Gasteiger partial charge in [-0.1, -0.05) is 13.8 Å². The fourth-order valence-corrected chi connectivity index (χ4v) is 2.97. The maximum Gasteiger partial charge on any atom is 0.337 e. The maximum atomic E-state index is 11.5. The van der Waals surface area contributed by atoms with Crippen molar-refractivity contribution in [1.29, 1.82) is 0 Å². The lowest BCUT2D eigenvalue weighted by Gasteiger charge is -2.33. The summed E-state index contributed by atoms with van der Waals surface area (Å²) >= 11 is 0. The van der Waals surface area contributed by atoms with Crippen molar-refractivity contribution in [1.82, 2.24) is 0 Å². The molecule has 3 heteroatoms. The van der Waals surface area contributed by atoms with E-state index in [9.17, 15) is 4.79 Å². The summed E-state index contributed by atoms with van der Waals surface area (Å²) in [7, 11) is 1.41. The number of carbonyl (C=O) groups excluding carboxylic acids is 1. The molecular weight excluding hydrogens is 250 g/mol. The molecule has 20 heavy (non-hydrogen) atoms. The number of rotatable bonds is 3. The Labute approximate surface area is 121 Å². The highest BCUT2D eigenvalue weighted by atomic mass is 16.5. The monoisotopic (exact) mass is 275 g/mol. The van der Waals surface area contributed by atoms with Crippen LogP contribution in [0.2, 0.25) is 0 Å². The van der Waals surface area contributed by atoms with Crippen molar-refractivity contribution in [3.8, 4) is 0 Å². The summed E-state index contributed by atoms with van der Waals surface area (Å²) in [6, 6.07) is 6.26. The van der Waals surface area contributed by atoms with Gasteiger partial charge in [-0.05, 0) is 61.8 Å². The molecule has 0 heterocycles. The smallest absolute Gasteiger partial charge is 0.337 e. The molecule has 0 bridgehead atoms. The molecule has 0 amide bonds. The third-order valence-corrected chi connectivity index (χ3v) is 4.61. The Hall–Kier alpha value is -1.51. The minimum absolute atomic E-state index is 0.278. The van der Waals surface area contributed by atoms with Crippen LogP contribution in [0.5, 0.6) is 0 Å². The number of hydrogen-bond acceptors (Lipinski definition) is 3. The van der Waals surface area contributed by atoms with Gasteiger partial charge >= 0.3 is 5.97 Å². The van der Waals surface area contributed by atoms with Crippen LogP contribution in [0.15, 0.2) is 18.2 Å². The van der Waals surface area contributed by atoms with Gasteiger partial charge in [0.2, 0.25) is 0 Å². The van der Waals surface area contributed by atoms with Crippen LogP contribution < -0.4 is 5.32 Å². The summed E-state index contributed by atoms with van der Waals surface area (Å²) in [6.07, 6.45) is 3.74. The quantitative estimate of drug-likeness (QED) is 0.847. The number of esters is 1. The second-order valence-electron chi connectivity index (χ2n) is 6.13. The molecule has 3 unspecified atom stereocenters. The average molecular weight is 275 g/mol. The van der Waals surface area contributed by atoms with E-state index in [0.717, 1.165) is 23.1 Å². The minimum atomic E-state index is -0.278. The minimum Gasteiger partial charge on any atom is -0.465 e. The van der Waals surface area contributed by atoms with E-state index in [1.807, 2.05) is 25.1 Å². The third-order valence-electron chi connectivity index (χ3n) is 4.61. The van der Waals surface area contributed by atoms with Crippen LogP contribution in [0.1, 0.15) is 49.0 Å². The molecule has 0 aromatic heterocycles. The van der Waals surface area contributed by atoms with E-state index in [-0.39, 0.29) is 5.97 Å². The van der Waals surface area contributed by atoms with Gasteiger partial charge in [0, 0.05) is 11.7 Å². The van der Waals surface area contributed by atoms with E-state index < -0.39 is 0 Å². The highest BCUT2D eigenvalue weighted by Crippen LogP contribution is 2.31. The van der Waals surface area contributed by atoms with Gasteiger partial charge in [-0.15, -0.1) is 0 Å². The van der Waals surface area contributed by atoms with Gasteiger partial charge in [0.15, 0.2) is 0 Å². The predicted molar refractivity (Wildman–Crippen MR) is 82.1 cm³/mol. The van der Waals surface area contributed by atoms with E-state index in [0.29, 0.717) is 11.6 Å². The summed E-state index contributed by atoms with van der Waals surface area (Å²) in [5.74, 6) is 1.33. The Morgan fingerprint density at radius 3 is 2.60 bits per heavy atom. The van der Waals surface area contributed by atoms with Crippen molar-refractivity contribution in [2.24, 2.45) is 11.8 Å². The summed E-state index contributed by atoms with van der Waals surface area (Å²) in [5, 5.41) is 3.63. The van der Waals surface area contributed by atoms with Crippen LogP contribution in [-0.4, -0.2) is 19.1 Å². The first kappa shape index (κ1) is 14.9. The second kappa shape index (κ2) is 6.29. The number of benzene rings is 1. The molecule has 2 rings (SSSR count). The van der Waals surface area contributed by atoms with Crippen LogP contribution in [0, 0.1) is 18.8 Å². The standard InChI is InChI=1S/C17H25NO2/c1-11-5-7-15(10-12(11)2)18-16-8-6-14(9-13(16)3)17(19)20-4/h6,8-9,11-12,15,18H,5,7,10H2,1-4H3. The highest BCUT2D eigenvalue weighted by Gasteiger charge is 2.24. The first-order valence-corrected chi connectivity index (χ1v) is 7.46. The van der Waals surface area contributed by atoms with Crippen LogP contribution in [0.3, 0.4) is 0 Å². The molecule has 3 nitrogen and oxygen atoms in total. The lowest BCUT2D eigenvalue weighted by molar-refractivity contribution is 0.0600. The number of anilines is 1. The van der Waals surface area contributed by atoms with Gasteiger partial charge in [-0.25, -0.2) is 4.79 Å². The molecule has 3 atom stereocenters. The van der Waals surface area contributed by atoms with E-state index >= 15 is 0 Å². The summed E-state index contributed by atoms with van der Waals surface area (Å²) in [5.41, 5.74) is 2.84. The van der Waals surface area contributed by atoms with Crippen molar-refractivity contribution in [3.63, 3.8) is 0 Å². The second-order valence-corrected chi connectivity index (χ2v) is 6.13. The fraction of sp³-hybridized carbons (Fsp3) is 0.588. The van der Waals surface area contributed by atoms with Gasteiger partial charge in [0.25, 0.3) is 0 Å². The number of hydrogen-bond donors (Lipinski definition) is 1. The van der Waals surface area contributed by atoms with Gasteiger partial charge in [-0.3, -0.25) is 0 Å². The Morgan fingerprint density at radius 1 is 1.25 bits per heavy atom. The van der Waals surface area contributed by atoms with Gasteiger partial charge < -0.3 is 10.1 Å². The molecule has 0 radical (unpaired) electrons. The average Bonchev–Trinajstić information content (AvgIpc) is 2.44. The SMILES string of the molecule is COC(=O)c1ccc(NC2CCC(C)C(C)C2)c(C)c1. The van der Waals surface area contributed by atoms with E-state index in [2.05, 4.69) is 19.2 Å². The van der Waals surface area contributed by atoms with Crippen molar-refractivity contribution >= 4 is 11.7 Å². The zero-order chi connectivity index (χ0) is 14.7. The van der Waals surface area contributed by atoms with E-state index in [4.69, 9.17) is 4.74 Å². The first-order valence-electron chi connectivity index (χ1n) is 7.46. The molecule has 0 spiro atoms. The van der Waals surface area contributed by atoms with Crippen molar-refractivity contribution < 1.29 is 9.53 Å². The van der Waals surface area contributed by atoms with Crippen molar-refractivity contribution in [2.45, 2.75) is 46.1 Å². The maximum absolute atomic E-state index is 11.5. The molecule has 1 aromatic rings. The molecule has 1 saturated carbocycles. The lowest BCUT2D eigenvalue weighted by Crippen LogP contribution is -2.30. The van der Waals surface area contributed by atoms with E-state index in [1.54, 1.807) is 0 Å². The number of aryl methyl sites for hydroxylation is 1. The van der Waals surface area contributed by atoms with Crippen LogP contribution in [0.4, 0.5) is 5.69 Å². The molecule has 1 fully saturated rings. The summed E-state index contributed by atoms with van der Waals surface area (Å²) in [6.45, 7) is 6.71. The lowest BCUT2D eigenvalue weighted by atomic mass is 9.79. The van der Waals surface area contributed by atoms with Crippen LogP contribution in [0.25, 0.3) is 0 Å². The normalized spacial score (nSPS) is 26.1. The Kier molecular flexibility index (Phi) is 4.69. The molecular formula is C17H25NO2. The molecule has 1 aliphatic rings. The molecule has 1 N–H and O–H groups in total.